The number of pyridine rings is 2. The standard InChI is InChI=1S/C19H14Cl2N4S.CH3NO/c1-11-7-14(5-6-23-11)15-10-24-19(21)18(12(15)2)25-26-17-4-3-13(9-22)8-16(17)20;2-1-3/h3-8,10,25H,1-2H3;1H,(H2,2,3). The summed E-state index contributed by atoms with van der Waals surface area (Å²) in [6.45, 7) is 3.94. The minimum absolute atomic E-state index is 0.250. The minimum Gasteiger partial charge on any atom is -0.372 e. The molecule has 9 heteroatoms. The molecular weight excluding hydrogens is 429 g/mol. The number of nitriles is 1. The lowest BCUT2D eigenvalue weighted by atomic mass is 10.0. The van der Waals surface area contributed by atoms with Gasteiger partial charge >= 0.3 is 0 Å². The Morgan fingerprint density at radius 1 is 1.21 bits per heavy atom. The maximum Gasteiger partial charge on any atom is 0.204 e. The number of benzene rings is 1. The Morgan fingerprint density at radius 3 is 2.55 bits per heavy atom. The summed E-state index contributed by atoms with van der Waals surface area (Å²) in [5.41, 5.74) is 9.34. The van der Waals surface area contributed by atoms with Gasteiger partial charge in [-0.25, -0.2) is 4.98 Å². The fourth-order valence-electron chi connectivity index (χ4n) is 2.45. The van der Waals surface area contributed by atoms with Crippen LogP contribution in [0.4, 0.5) is 5.69 Å². The number of carbonyl (C=O) groups excluding carboxylic acids is 1. The van der Waals surface area contributed by atoms with Crippen LogP contribution < -0.4 is 10.5 Å². The van der Waals surface area contributed by atoms with Crippen LogP contribution in [-0.2, 0) is 4.79 Å². The van der Waals surface area contributed by atoms with Crippen LogP contribution in [0.5, 0.6) is 0 Å². The van der Waals surface area contributed by atoms with Crippen LogP contribution in [0.25, 0.3) is 11.1 Å². The van der Waals surface area contributed by atoms with E-state index >= 15 is 0 Å². The Kier molecular flexibility index (Phi) is 8.28. The Bertz CT molecular complexity index is 1070. The molecule has 1 amide bonds. The Balaban J connectivity index is 0.000000941. The molecule has 29 heavy (non-hydrogen) atoms. The van der Waals surface area contributed by atoms with Crippen LogP contribution in [0.1, 0.15) is 16.8 Å². The highest BCUT2D eigenvalue weighted by Gasteiger charge is 2.13. The fourth-order valence-corrected chi connectivity index (χ4v) is 3.80. The summed E-state index contributed by atoms with van der Waals surface area (Å²) in [7, 11) is 0. The zero-order chi connectivity index (χ0) is 21.4. The van der Waals surface area contributed by atoms with Gasteiger partial charge < -0.3 is 10.5 Å². The number of rotatable bonds is 4. The zero-order valence-electron chi connectivity index (χ0n) is 15.6. The van der Waals surface area contributed by atoms with Gasteiger partial charge in [-0.1, -0.05) is 23.2 Å². The van der Waals surface area contributed by atoms with Crippen molar-refractivity contribution in [3.05, 3.63) is 69.7 Å². The molecule has 1 aromatic carbocycles. The van der Waals surface area contributed by atoms with E-state index in [4.69, 9.17) is 33.3 Å². The lowest BCUT2D eigenvalue weighted by Gasteiger charge is -2.14. The molecule has 0 atom stereocenters. The molecule has 0 spiro atoms. The molecule has 6 nitrogen and oxygen atoms in total. The van der Waals surface area contributed by atoms with E-state index in [1.54, 1.807) is 30.6 Å². The molecule has 0 bridgehead atoms. The van der Waals surface area contributed by atoms with Crippen LogP contribution in [0.2, 0.25) is 10.2 Å². The second kappa shape index (κ2) is 10.7. The van der Waals surface area contributed by atoms with Crippen molar-refractivity contribution in [2.24, 2.45) is 5.73 Å². The van der Waals surface area contributed by atoms with Gasteiger partial charge in [0.1, 0.15) is 0 Å². The number of nitrogens with zero attached hydrogens (tertiary/aromatic N) is 3. The van der Waals surface area contributed by atoms with Crippen molar-refractivity contribution in [3.8, 4) is 17.2 Å². The predicted molar refractivity (Wildman–Crippen MR) is 118 cm³/mol. The van der Waals surface area contributed by atoms with E-state index in [-0.39, 0.29) is 6.41 Å². The van der Waals surface area contributed by atoms with Gasteiger partial charge in [-0.05, 0) is 67.3 Å². The highest BCUT2D eigenvalue weighted by atomic mass is 35.5. The SMILES string of the molecule is Cc1cc(-c2cnc(Cl)c(NSc3ccc(C#N)cc3Cl)c2C)ccn1.NC=O. The van der Waals surface area contributed by atoms with Crippen molar-refractivity contribution >= 4 is 47.2 Å². The quantitative estimate of drug-likeness (QED) is 0.326. The summed E-state index contributed by atoms with van der Waals surface area (Å²) in [4.78, 5) is 17.9. The molecule has 0 unspecified atom stereocenters. The van der Waals surface area contributed by atoms with E-state index in [1.807, 2.05) is 26.0 Å². The molecular formula is C20H17Cl2N5OS. The number of amides is 1. The first kappa shape index (κ1) is 22.5. The maximum absolute atomic E-state index is 8.93. The van der Waals surface area contributed by atoms with Crippen molar-refractivity contribution in [2.45, 2.75) is 18.7 Å². The number of halogens is 2. The molecule has 3 aromatic rings. The summed E-state index contributed by atoms with van der Waals surface area (Å²) in [5.74, 6) is 0. The highest BCUT2D eigenvalue weighted by molar-refractivity contribution is 8.00. The second-order valence-electron chi connectivity index (χ2n) is 5.75. The van der Waals surface area contributed by atoms with Crippen LogP contribution in [0, 0.1) is 25.2 Å². The summed E-state index contributed by atoms with van der Waals surface area (Å²) < 4.78 is 3.24. The number of aromatic nitrogens is 2. The number of nitrogens with two attached hydrogens (primary N) is 1. The number of anilines is 1. The third-order valence-corrected chi connectivity index (χ3v) is 5.42. The molecule has 2 heterocycles. The first-order valence-electron chi connectivity index (χ1n) is 8.27. The van der Waals surface area contributed by atoms with Gasteiger partial charge in [0.25, 0.3) is 0 Å². The zero-order valence-corrected chi connectivity index (χ0v) is 17.9. The van der Waals surface area contributed by atoms with Crippen molar-refractivity contribution in [3.63, 3.8) is 0 Å². The number of aryl methyl sites for hydroxylation is 1. The monoisotopic (exact) mass is 445 g/mol. The molecule has 148 valence electrons. The third kappa shape index (κ3) is 5.84. The maximum atomic E-state index is 8.93. The largest absolute Gasteiger partial charge is 0.372 e. The van der Waals surface area contributed by atoms with Gasteiger partial charge in [0.15, 0.2) is 5.15 Å². The van der Waals surface area contributed by atoms with Gasteiger partial charge in [0.2, 0.25) is 6.41 Å². The Hall–Kier alpha value is -2.79. The van der Waals surface area contributed by atoms with Gasteiger partial charge in [-0.3, -0.25) is 9.78 Å². The Morgan fingerprint density at radius 2 is 1.93 bits per heavy atom. The number of primary amides is 1. The first-order valence-corrected chi connectivity index (χ1v) is 9.84. The topological polar surface area (TPSA) is 105 Å². The molecule has 3 N–H and O–H groups in total. The molecule has 0 saturated heterocycles. The smallest absolute Gasteiger partial charge is 0.204 e. The number of hydrogen-bond acceptors (Lipinski definition) is 6. The first-order chi connectivity index (χ1) is 13.9. The fraction of sp³-hybridized carbons (Fsp3) is 0.100. The van der Waals surface area contributed by atoms with Crippen molar-refractivity contribution in [1.29, 1.82) is 5.26 Å². The lowest BCUT2D eigenvalue weighted by molar-refractivity contribution is -0.106. The summed E-state index contributed by atoms with van der Waals surface area (Å²) >= 11 is 13.9. The van der Waals surface area contributed by atoms with E-state index < -0.39 is 0 Å². The summed E-state index contributed by atoms with van der Waals surface area (Å²) in [5, 5.41) is 9.82. The molecule has 0 saturated carbocycles. The summed E-state index contributed by atoms with van der Waals surface area (Å²) in [6, 6.07) is 11.2. The minimum atomic E-state index is 0.250. The lowest BCUT2D eigenvalue weighted by Crippen LogP contribution is -1.97. The van der Waals surface area contributed by atoms with Gasteiger partial charge in [0, 0.05) is 28.5 Å². The molecule has 0 aliphatic heterocycles. The normalized spacial score (nSPS) is 9.76. The number of carbonyl (C=O) groups is 1. The van der Waals surface area contributed by atoms with Crippen molar-refractivity contribution in [2.75, 3.05) is 4.72 Å². The second-order valence-corrected chi connectivity index (χ2v) is 7.36. The average molecular weight is 446 g/mol. The average Bonchev–Trinajstić information content (AvgIpc) is 2.69. The van der Waals surface area contributed by atoms with E-state index in [9.17, 15) is 0 Å². The molecule has 3 rings (SSSR count). The van der Waals surface area contributed by atoms with Crippen molar-refractivity contribution < 1.29 is 4.79 Å². The summed E-state index contributed by atoms with van der Waals surface area (Å²) in [6.07, 6.45) is 3.79. The van der Waals surface area contributed by atoms with Gasteiger partial charge in [0.05, 0.1) is 22.3 Å². The van der Waals surface area contributed by atoms with Crippen LogP contribution >= 0.6 is 35.1 Å². The highest BCUT2D eigenvalue weighted by Crippen LogP contribution is 2.36. The Labute approximate surface area is 183 Å². The van der Waals surface area contributed by atoms with E-state index in [0.717, 1.165) is 33.0 Å². The van der Waals surface area contributed by atoms with E-state index in [0.29, 0.717) is 15.7 Å². The molecule has 0 fully saturated rings. The van der Waals surface area contributed by atoms with Gasteiger partial charge in [-0.2, -0.15) is 5.26 Å². The number of hydrogen-bond donors (Lipinski definition) is 2. The molecule has 0 aliphatic carbocycles. The predicted octanol–water partition coefficient (Wildman–Crippen LogP) is 5.16. The molecule has 0 aliphatic rings. The van der Waals surface area contributed by atoms with Crippen LogP contribution in [0.3, 0.4) is 0 Å². The van der Waals surface area contributed by atoms with E-state index in [2.05, 4.69) is 26.5 Å². The van der Waals surface area contributed by atoms with Gasteiger partial charge in [-0.15, -0.1) is 0 Å². The molecule has 2 aromatic heterocycles. The number of nitrogens with one attached hydrogen (secondary N) is 1. The van der Waals surface area contributed by atoms with Crippen LogP contribution in [0.15, 0.2) is 47.6 Å². The van der Waals surface area contributed by atoms with E-state index in [1.165, 1.54) is 11.9 Å². The van der Waals surface area contributed by atoms with Crippen molar-refractivity contribution in [1.82, 2.24) is 9.97 Å². The van der Waals surface area contributed by atoms with Crippen LogP contribution in [-0.4, -0.2) is 16.4 Å². The molecule has 0 radical (unpaired) electrons. The third-order valence-electron chi connectivity index (χ3n) is 3.82.